The van der Waals surface area contributed by atoms with Gasteiger partial charge in [-0.25, -0.2) is 0 Å². The van der Waals surface area contributed by atoms with Crippen molar-refractivity contribution in [3.63, 3.8) is 0 Å². The number of ether oxygens (including phenoxy) is 10. The Hall–Kier alpha value is -2.31. The van der Waals surface area contributed by atoms with Gasteiger partial charge in [0.25, 0.3) is 0 Å². The summed E-state index contributed by atoms with van der Waals surface area (Å²) in [7, 11) is 3.22. The molecule has 0 radical (unpaired) electrons. The van der Waals surface area contributed by atoms with Crippen LogP contribution in [0.4, 0.5) is 0 Å². The molecule has 3 N–H and O–H groups in total. The molecule has 336 valence electrons. The molecule has 19 atom stereocenters. The summed E-state index contributed by atoms with van der Waals surface area (Å²) in [4.78, 5) is 14.2. The first kappa shape index (κ1) is 45.7. The molecule has 7 rings (SSSR count). The number of fused-ring (bicyclic) bond motifs is 2. The van der Waals surface area contributed by atoms with Crippen LogP contribution in [0, 0.1) is 17.8 Å². The average Bonchev–Trinajstić information content (AvgIpc) is 3.56. The first-order valence-corrected chi connectivity index (χ1v) is 21.9. The predicted octanol–water partition coefficient (Wildman–Crippen LogP) is 4.74. The molecule has 0 aromatic rings. The van der Waals surface area contributed by atoms with Gasteiger partial charge in [0.15, 0.2) is 18.4 Å². The van der Waals surface area contributed by atoms with E-state index in [1.54, 1.807) is 40.2 Å². The highest BCUT2D eigenvalue weighted by Crippen LogP contribution is 2.47. The van der Waals surface area contributed by atoms with Crippen LogP contribution in [0.3, 0.4) is 0 Å². The first-order chi connectivity index (χ1) is 28.6. The molecular weight excluding hydrogens is 776 g/mol. The zero-order valence-corrected chi connectivity index (χ0v) is 36.6. The van der Waals surface area contributed by atoms with Gasteiger partial charge in [0.05, 0.1) is 49.3 Å². The molecule has 0 saturated carbocycles. The lowest BCUT2D eigenvalue weighted by atomic mass is 9.71. The van der Waals surface area contributed by atoms with Crippen LogP contribution in [0.2, 0.25) is 0 Å². The maximum atomic E-state index is 14.2. The Kier molecular flexibility index (Phi) is 14.3. The molecule has 7 aliphatic rings. The second kappa shape index (κ2) is 18.8. The molecule has 6 aliphatic heterocycles. The highest BCUT2D eigenvalue weighted by molar-refractivity contribution is 5.78. The summed E-state index contributed by atoms with van der Waals surface area (Å²) in [6, 6.07) is 0. The smallest absolute Gasteiger partial charge is 0.316 e. The van der Waals surface area contributed by atoms with Gasteiger partial charge in [0, 0.05) is 51.7 Å². The van der Waals surface area contributed by atoms with Crippen molar-refractivity contribution >= 4 is 5.97 Å². The molecule has 2 unspecified atom stereocenters. The number of hydrogen-bond acceptors (Lipinski definition) is 14. The van der Waals surface area contributed by atoms with Crippen LogP contribution in [0.1, 0.15) is 87.0 Å². The Labute approximate surface area is 354 Å². The third-order valence-electron chi connectivity index (χ3n) is 13.8. The van der Waals surface area contributed by atoms with Crippen molar-refractivity contribution in [1.82, 2.24) is 0 Å². The summed E-state index contributed by atoms with van der Waals surface area (Å²) >= 11 is 0. The number of rotatable bonds is 7. The van der Waals surface area contributed by atoms with Gasteiger partial charge >= 0.3 is 5.97 Å². The van der Waals surface area contributed by atoms with Gasteiger partial charge in [-0.2, -0.15) is 0 Å². The van der Waals surface area contributed by atoms with Crippen LogP contribution in [0.5, 0.6) is 0 Å². The van der Waals surface area contributed by atoms with Crippen LogP contribution in [-0.4, -0.2) is 139 Å². The standard InChI is InChI=1S/C46H68O14/c1-10-34-24(2)16-17-45(60-34)22-32-19-31(59-45)15-14-26(4)41(25(3)12-11-13-30-23-53-43-39(47)27(5)18-33(44(49)56-32)46(30,43)50)57-38-21-36(52-9)42(29(7)55-38)58-37-20-35(51-8)40(48)28(6)54-37/h11-14,16-18,24-25,28-29,31-43,47-48,50H,10,15,19-23H2,1-9H3/b12-11+,26-14+,30-13+/t24-,25-,28-,29-,31+,32-,33-,34+,35-,36-,37-,38-,39+,40-,41?,42?,43+,45+,46+/m0/s1. The van der Waals surface area contributed by atoms with Gasteiger partial charge in [-0.05, 0) is 63.3 Å². The summed E-state index contributed by atoms with van der Waals surface area (Å²) in [6.45, 7) is 13.8. The van der Waals surface area contributed by atoms with Crippen molar-refractivity contribution in [2.24, 2.45) is 17.8 Å². The minimum Gasteiger partial charge on any atom is -0.462 e. The van der Waals surface area contributed by atoms with Gasteiger partial charge < -0.3 is 62.7 Å². The zero-order chi connectivity index (χ0) is 43.1. The molecule has 1 aliphatic carbocycles. The first-order valence-electron chi connectivity index (χ1n) is 21.9. The van der Waals surface area contributed by atoms with Crippen molar-refractivity contribution in [1.29, 1.82) is 0 Å². The average molecular weight is 845 g/mol. The van der Waals surface area contributed by atoms with Gasteiger partial charge in [0.1, 0.15) is 42.0 Å². The Morgan fingerprint density at radius 1 is 0.867 bits per heavy atom. The minimum atomic E-state index is -1.83. The molecule has 4 saturated heterocycles. The predicted molar refractivity (Wildman–Crippen MR) is 218 cm³/mol. The van der Waals surface area contributed by atoms with E-state index in [9.17, 15) is 20.1 Å². The summed E-state index contributed by atoms with van der Waals surface area (Å²) in [5, 5.41) is 34.1. The van der Waals surface area contributed by atoms with Gasteiger partial charge in [-0.3, -0.25) is 4.79 Å². The topological polar surface area (TPSA) is 170 Å². The van der Waals surface area contributed by atoms with E-state index in [0.29, 0.717) is 43.3 Å². The number of hydrogen-bond donors (Lipinski definition) is 3. The Bertz CT molecular complexity index is 1670. The van der Waals surface area contributed by atoms with Crippen LogP contribution < -0.4 is 0 Å². The van der Waals surface area contributed by atoms with E-state index < -0.39 is 90.8 Å². The van der Waals surface area contributed by atoms with E-state index in [1.807, 2.05) is 32.1 Å². The quantitative estimate of drug-likeness (QED) is 0.237. The lowest BCUT2D eigenvalue weighted by Crippen LogP contribution is -2.58. The summed E-state index contributed by atoms with van der Waals surface area (Å²) in [6.07, 6.45) is 8.40. The molecule has 1 spiro atoms. The molecule has 0 aromatic carbocycles. The van der Waals surface area contributed by atoms with Crippen molar-refractivity contribution in [3.05, 3.63) is 59.3 Å². The van der Waals surface area contributed by atoms with Crippen LogP contribution in [0.15, 0.2) is 59.3 Å². The summed E-state index contributed by atoms with van der Waals surface area (Å²) in [5.74, 6) is -2.78. The second-order valence-electron chi connectivity index (χ2n) is 18.1. The fourth-order valence-electron chi connectivity index (χ4n) is 10.2. The van der Waals surface area contributed by atoms with Crippen molar-refractivity contribution in [2.75, 3.05) is 20.8 Å². The number of carbonyl (C=O) groups is 1. The maximum absolute atomic E-state index is 14.2. The largest absolute Gasteiger partial charge is 0.462 e. The third kappa shape index (κ3) is 9.18. The van der Waals surface area contributed by atoms with Crippen molar-refractivity contribution in [3.8, 4) is 0 Å². The maximum Gasteiger partial charge on any atom is 0.316 e. The number of aliphatic hydroxyl groups is 3. The normalized spacial score (nSPS) is 49.8. The van der Waals surface area contributed by atoms with E-state index >= 15 is 0 Å². The third-order valence-corrected chi connectivity index (χ3v) is 13.8. The van der Waals surface area contributed by atoms with Gasteiger partial charge in [0.2, 0.25) is 0 Å². The molecule has 0 aromatic heterocycles. The molecule has 6 heterocycles. The molecule has 4 fully saturated rings. The minimum absolute atomic E-state index is 0.0331. The summed E-state index contributed by atoms with van der Waals surface area (Å²) in [5.41, 5.74) is 0.137. The van der Waals surface area contributed by atoms with E-state index in [4.69, 9.17) is 47.4 Å². The highest BCUT2D eigenvalue weighted by atomic mass is 16.7. The highest BCUT2D eigenvalue weighted by Gasteiger charge is 2.60. The van der Waals surface area contributed by atoms with Crippen LogP contribution >= 0.6 is 0 Å². The van der Waals surface area contributed by atoms with Crippen LogP contribution in [0.25, 0.3) is 0 Å². The Balaban J connectivity index is 1.17. The molecule has 14 nitrogen and oxygen atoms in total. The van der Waals surface area contributed by atoms with E-state index in [2.05, 4.69) is 32.9 Å². The number of aliphatic hydroxyl groups excluding tert-OH is 2. The lowest BCUT2D eigenvalue weighted by molar-refractivity contribution is -0.318. The monoisotopic (exact) mass is 844 g/mol. The van der Waals surface area contributed by atoms with E-state index in [0.717, 1.165) is 12.0 Å². The van der Waals surface area contributed by atoms with Gasteiger partial charge in [-0.1, -0.05) is 57.2 Å². The SMILES string of the molecule is CC[C@H]1O[C@]2(C=C[C@@H]1C)C[C@@H]1C[C@@H](C/C=C(\C)C(O[C@H]3C[C@H](OC)C(O[C@H]4C[C@H](OC)[C@@H](O)[C@H](C)O4)[C@H](C)O3)[C@@H](C)/C=C/C=C3\CO[C@@H]4[C@H](O)C(C)=C[C@@H](C(=O)O1)[C@]34O)O2. The molecule has 2 bridgehead atoms. The molecule has 14 heteroatoms. The molecule has 0 amide bonds. The number of methoxy groups -OCH3 is 2. The Morgan fingerprint density at radius 2 is 1.58 bits per heavy atom. The molecule has 60 heavy (non-hydrogen) atoms. The zero-order valence-electron chi connectivity index (χ0n) is 36.6. The van der Waals surface area contributed by atoms with E-state index in [1.165, 1.54) is 0 Å². The number of carbonyl (C=O) groups excluding carboxylic acids is 1. The fourth-order valence-corrected chi connectivity index (χ4v) is 10.2. The number of esters is 1. The lowest BCUT2D eigenvalue weighted by Gasteiger charge is -2.47. The Morgan fingerprint density at radius 3 is 2.32 bits per heavy atom. The second-order valence-corrected chi connectivity index (χ2v) is 18.1. The van der Waals surface area contributed by atoms with Crippen LogP contribution in [-0.2, 0) is 52.2 Å². The van der Waals surface area contributed by atoms with Crippen molar-refractivity contribution in [2.45, 2.75) is 184 Å². The summed E-state index contributed by atoms with van der Waals surface area (Å²) < 4.78 is 63.2. The fraction of sp³-hybridized carbons (Fsp3) is 0.761. The molecular formula is C46H68O14. The van der Waals surface area contributed by atoms with Crippen molar-refractivity contribution < 1.29 is 67.5 Å². The van der Waals surface area contributed by atoms with E-state index in [-0.39, 0.29) is 36.8 Å². The number of allylic oxidation sites excluding steroid dienone is 2. The van der Waals surface area contributed by atoms with Gasteiger partial charge in [-0.15, -0.1) is 0 Å².